The second-order valence-corrected chi connectivity index (χ2v) is 6.35. The molecule has 0 saturated carbocycles. The van der Waals surface area contributed by atoms with Crippen molar-refractivity contribution < 1.29 is 19.4 Å². The Bertz CT molecular complexity index is 862. The van der Waals surface area contributed by atoms with Crippen LogP contribution in [0.15, 0.2) is 52.6 Å². The number of nitrogens with one attached hydrogen (secondary N) is 1. The Kier molecular flexibility index (Phi) is 4.76. The largest absolute Gasteiger partial charge is 0.504 e. The van der Waals surface area contributed by atoms with Gasteiger partial charge in [-0.05, 0) is 41.5 Å². The van der Waals surface area contributed by atoms with E-state index < -0.39 is 11.9 Å². The first-order valence-electron chi connectivity index (χ1n) is 7.44. The highest BCUT2D eigenvalue weighted by molar-refractivity contribution is 9.10. The standard InChI is InChI=1S/C18H15BrN2O4/c1-25-16-7-4-12(9-15(16)22)8-14-17(23)21(18(24)20-14)10-11-2-5-13(19)6-3-11/h2-9,22H,10H2,1H3,(H,20,24). The molecule has 7 heteroatoms. The van der Waals surface area contributed by atoms with E-state index in [0.29, 0.717) is 11.3 Å². The molecule has 3 amide bonds. The molecule has 1 saturated heterocycles. The molecule has 1 heterocycles. The van der Waals surface area contributed by atoms with E-state index in [1.165, 1.54) is 19.3 Å². The monoisotopic (exact) mass is 402 g/mol. The molecular weight excluding hydrogens is 388 g/mol. The second-order valence-electron chi connectivity index (χ2n) is 5.44. The number of urea groups is 1. The highest BCUT2D eigenvalue weighted by Crippen LogP contribution is 2.27. The summed E-state index contributed by atoms with van der Waals surface area (Å²) in [6.45, 7) is 0.184. The van der Waals surface area contributed by atoms with Crippen molar-refractivity contribution in [2.24, 2.45) is 0 Å². The minimum absolute atomic E-state index is 0.0414. The van der Waals surface area contributed by atoms with E-state index in [2.05, 4.69) is 21.2 Å². The summed E-state index contributed by atoms with van der Waals surface area (Å²) in [4.78, 5) is 25.7. The molecule has 0 bridgehead atoms. The average molecular weight is 403 g/mol. The molecule has 25 heavy (non-hydrogen) atoms. The van der Waals surface area contributed by atoms with Crippen molar-refractivity contribution in [2.45, 2.75) is 6.54 Å². The Labute approximate surface area is 152 Å². The number of nitrogens with zero attached hydrogens (tertiary/aromatic N) is 1. The summed E-state index contributed by atoms with van der Waals surface area (Å²) in [6, 6.07) is 11.6. The van der Waals surface area contributed by atoms with Gasteiger partial charge in [0.25, 0.3) is 5.91 Å². The normalized spacial score (nSPS) is 15.6. The number of benzene rings is 2. The quantitative estimate of drug-likeness (QED) is 0.607. The Morgan fingerprint density at radius 2 is 1.92 bits per heavy atom. The first kappa shape index (κ1) is 17.0. The van der Waals surface area contributed by atoms with Gasteiger partial charge < -0.3 is 15.2 Å². The SMILES string of the molecule is COc1ccc(C=C2NC(=O)N(Cc3ccc(Br)cc3)C2=O)cc1O. The number of carbonyl (C=O) groups excluding carboxylic acids is 2. The number of rotatable bonds is 4. The van der Waals surface area contributed by atoms with E-state index >= 15 is 0 Å². The zero-order chi connectivity index (χ0) is 18.0. The number of phenols is 1. The van der Waals surface area contributed by atoms with Crippen LogP contribution < -0.4 is 10.1 Å². The number of methoxy groups -OCH3 is 1. The molecule has 1 fully saturated rings. The number of hydrogen-bond donors (Lipinski definition) is 2. The lowest BCUT2D eigenvalue weighted by Crippen LogP contribution is -2.30. The van der Waals surface area contributed by atoms with E-state index in [1.807, 2.05) is 24.3 Å². The molecule has 0 atom stereocenters. The molecule has 1 aliphatic heterocycles. The Morgan fingerprint density at radius 1 is 1.20 bits per heavy atom. The summed E-state index contributed by atoms with van der Waals surface area (Å²) in [7, 11) is 1.45. The summed E-state index contributed by atoms with van der Waals surface area (Å²) in [5.74, 6) is -0.121. The van der Waals surface area contributed by atoms with Crippen molar-refractivity contribution in [3.8, 4) is 11.5 Å². The number of halogens is 1. The molecule has 0 aliphatic carbocycles. The van der Waals surface area contributed by atoms with Gasteiger partial charge in [-0.3, -0.25) is 9.69 Å². The van der Waals surface area contributed by atoms with E-state index in [9.17, 15) is 14.7 Å². The van der Waals surface area contributed by atoms with Gasteiger partial charge in [0.05, 0.1) is 13.7 Å². The molecular formula is C18H15BrN2O4. The van der Waals surface area contributed by atoms with Crippen LogP contribution in [0.4, 0.5) is 4.79 Å². The summed E-state index contributed by atoms with van der Waals surface area (Å²) in [5.41, 5.74) is 1.58. The van der Waals surface area contributed by atoms with E-state index in [1.54, 1.807) is 12.1 Å². The van der Waals surface area contributed by atoms with E-state index in [4.69, 9.17) is 4.74 Å². The molecule has 128 valence electrons. The summed E-state index contributed by atoms with van der Waals surface area (Å²) in [5, 5.41) is 12.4. The van der Waals surface area contributed by atoms with Crippen molar-refractivity contribution in [2.75, 3.05) is 7.11 Å². The molecule has 6 nitrogen and oxygen atoms in total. The Balaban J connectivity index is 1.80. The maximum absolute atomic E-state index is 12.5. The van der Waals surface area contributed by atoms with Crippen molar-refractivity contribution in [3.63, 3.8) is 0 Å². The van der Waals surface area contributed by atoms with Gasteiger partial charge >= 0.3 is 6.03 Å². The molecule has 2 aromatic carbocycles. The number of amides is 3. The zero-order valence-electron chi connectivity index (χ0n) is 13.3. The van der Waals surface area contributed by atoms with Gasteiger partial charge in [-0.1, -0.05) is 34.1 Å². The van der Waals surface area contributed by atoms with Crippen LogP contribution in [0.25, 0.3) is 6.08 Å². The van der Waals surface area contributed by atoms with Crippen LogP contribution in [0.2, 0.25) is 0 Å². The third-order valence-electron chi connectivity index (χ3n) is 3.73. The average Bonchev–Trinajstić information content (AvgIpc) is 2.84. The number of ether oxygens (including phenoxy) is 1. The van der Waals surface area contributed by atoms with E-state index in [0.717, 1.165) is 14.9 Å². The van der Waals surface area contributed by atoms with Crippen LogP contribution in [0, 0.1) is 0 Å². The molecule has 0 unspecified atom stereocenters. The van der Waals surface area contributed by atoms with E-state index in [-0.39, 0.29) is 18.0 Å². The fourth-order valence-corrected chi connectivity index (χ4v) is 2.72. The lowest BCUT2D eigenvalue weighted by Gasteiger charge is -2.11. The lowest BCUT2D eigenvalue weighted by atomic mass is 10.1. The van der Waals surface area contributed by atoms with Crippen LogP contribution >= 0.6 is 15.9 Å². The number of hydrogen-bond acceptors (Lipinski definition) is 4. The zero-order valence-corrected chi connectivity index (χ0v) is 14.9. The summed E-state index contributed by atoms with van der Waals surface area (Å²) in [6.07, 6.45) is 1.51. The van der Waals surface area contributed by atoms with Crippen molar-refractivity contribution in [1.82, 2.24) is 10.2 Å². The molecule has 2 N–H and O–H groups in total. The number of phenolic OH excluding ortho intramolecular Hbond substituents is 1. The number of carbonyl (C=O) groups is 2. The second kappa shape index (κ2) is 6.98. The van der Waals surface area contributed by atoms with Gasteiger partial charge in [0, 0.05) is 4.47 Å². The number of imide groups is 1. The van der Waals surface area contributed by atoms with Gasteiger partial charge in [-0.25, -0.2) is 4.79 Å². The van der Waals surface area contributed by atoms with Crippen LogP contribution in [0.5, 0.6) is 11.5 Å². The molecule has 1 aliphatic rings. The molecule has 0 radical (unpaired) electrons. The van der Waals surface area contributed by atoms with Crippen LogP contribution in [0.3, 0.4) is 0 Å². The van der Waals surface area contributed by atoms with Crippen LogP contribution in [0.1, 0.15) is 11.1 Å². The fraction of sp³-hybridized carbons (Fsp3) is 0.111. The third-order valence-corrected chi connectivity index (χ3v) is 4.26. The highest BCUT2D eigenvalue weighted by atomic mass is 79.9. The smallest absolute Gasteiger partial charge is 0.329 e. The van der Waals surface area contributed by atoms with Crippen molar-refractivity contribution >= 4 is 33.9 Å². The van der Waals surface area contributed by atoms with Gasteiger partial charge in [-0.2, -0.15) is 0 Å². The predicted molar refractivity (Wildman–Crippen MR) is 95.9 cm³/mol. The molecule has 3 rings (SSSR count). The topological polar surface area (TPSA) is 78.9 Å². The lowest BCUT2D eigenvalue weighted by molar-refractivity contribution is -0.123. The first-order chi connectivity index (χ1) is 12.0. The maximum Gasteiger partial charge on any atom is 0.329 e. The highest BCUT2D eigenvalue weighted by Gasteiger charge is 2.33. The first-order valence-corrected chi connectivity index (χ1v) is 8.23. The third kappa shape index (κ3) is 3.66. The minimum Gasteiger partial charge on any atom is -0.504 e. The van der Waals surface area contributed by atoms with Crippen molar-refractivity contribution in [3.05, 3.63) is 63.8 Å². The molecule has 2 aromatic rings. The molecule has 0 aromatic heterocycles. The van der Waals surface area contributed by atoms with Gasteiger partial charge in [0.1, 0.15) is 5.70 Å². The maximum atomic E-state index is 12.5. The minimum atomic E-state index is -0.475. The van der Waals surface area contributed by atoms with Crippen molar-refractivity contribution in [1.29, 1.82) is 0 Å². The van der Waals surface area contributed by atoms with Crippen LogP contribution in [-0.2, 0) is 11.3 Å². The van der Waals surface area contributed by atoms with Gasteiger partial charge in [0.15, 0.2) is 11.5 Å². The van der Waals surface area contributed by atoms with Gasteiger partial charge in [0.2, 0.25) is 0 Å². The summed E-state index contributed by atoms with van der Waals surface area (Å²) < 4.78 is 5.91. The fourth-order valence-electron chi connectivity index (χ4n) is 2.45. The molecule has 0 spiro atoms. The predicted octanol–water partition coefficient (Wildman–Crippen LogP) is 3.26. The summed E-state index contributed by atoms with van der Waals surface area (Å²) >= 11 is 3.35. The van der Waals surface area contributed by atoms with Gasteiger partial charge in [-0.15, -0.1) is 0 Å². The Hall–Kier alpha value is -2.80. The number of aromatic hydroxyl groups is 1. The van der Waals surface area contributed by atoms with Crippen LogP contribution in [-0.4, -0.2) is 29.1 Å². The Morgan fingerprint density at radius 3 is 2.56 bits per heavy atom.